The molecule has 0 radical (unpaired) electrons. The molecular formula is C9H11ClFNO. The highest BCUT2D eigenvalue weighted by molar-refractivity contribution is 6.30. The van der Waals surface area contributed by atoms with Gasteiger partial charge in [0.25, 0.3) is 0 Å². The second kappa shape index (κ2) is 4.05. The quantitative estimate of drug-likeness (QED) is 0.771. The molecule has 0 aromatic heterocycles. The highest BCUT2D eigenvalue weighted by atomic mass is 35.5. The first-order valence-corrected chi connectivity index (χ1v) is 4.29. The molecule has 0 aliphatic rings. The molecule has 3 N–H and O–H groups in total. The van der Waals surface area contributed by atoms with E-state index in [0.717, 1.165) is 0 Å². The van der Waals surface area contributed by atoms with E-state index in [1.165, 1.54) is 19.1 Å². The number of benzene rings is 1. The summed E-state index contributed by atoms with van der Waals surface area (Å²) in [5, 5.41) is 9.18. The molecule has 2 nitrogen and oxygen atoms in total. The summed E-state index contributed by atoms with van der Waals surface area (Å²) in [5.41, 5.74) is 5.80. The fourth-order valence-electron chi connectivity index (χ4n) is 1.04. The number of hydrogen-bond acceptors (Lipinski definition) is 2. The van der Waals surface area contributed by atoms with Crippen LogP contribution >= 0.6 is 11.6 Å². The normalized spacial score (nSPS) is 15.5. The molecule has 13 heavy (non-hydrogen) atoms. The number of aliphatic hydroxyl groups excluding tert-OH is 1. The van der Waals surface area contributed by atoms with Crippen LogP contribution in [0.1, 0.15) is 18.5 Å². The van der Waals surface area contributed by atoms with Crippen molar-refractivity contribution in [2.45, 2.75) is 19.1 Å². The third kappa shape index (κ3) is 2.18. The highest BCUT2D eigenvalue weighted by Gasteiger charge is 2.17. The summed E-state index contributed by atoms with van der Waals surface area (Å²) in [5.74, 6) is -0.558. The minimum atomic E-state index is -0.798. The second-order valence-electron chi connectivity index (χ2n) is 2.91. The Kier molecular flexibility index (Phi) is 3.25. The van der Waals surface area contributed by atoms with Crippen molar-refractivity contribution in [3.05, 3.63) is 34.6 Å². The first-order chi connectivity index (χ1) is 6.04. The molecule has 0 aliphatic heterocycles. The Morgan fingerprint density at radius 2 is 2.15 bits per heavy atom. The third-order valence-electron chi connectivity index (χ3n) is 1.86. The van der Waals surface area contributed by atoms with Gasteiger partial charge in [-0.25, -0.2) is 4.39 Å². The minimum absolute atomic E-state index is 0.0219. The smallest absolute Gasteiger partial charge is 0.146 e. The van der Waals surface area contributed by atoms with E-state index in [1.54, 1.807) is 6.07 Å². The van der Waals surface area contributed by atoms with Crippen LogP contribution in [-0.2, 0) is 0 Å². The van der Waals surface area contributed by atoms with E-state index in [-0.39, 0.29) is 10.6 Å². The second-order valence-corrected chi connectivity index (χ2v) is 3.32. The van der Waals surface area contributed by atoms with Crippen molar-refractivity contribution in [1.82, 2.24) is 0 Å². The number of aliphatic hydroxyl groups is 1. The number of halogens is 2. The van der Waals surface area contributed by atoms with Crippen LogP contribution in [-0.4, -0.2) is 11.2 Å². The predicted octanol–water partition coefficient (Wildman–Crippen LogP) is 1.86. The van der Waals surface area contributed by atoms with Crippen LogP contribution in [0, 0.1) is 5.82 Å². The molecule has 0 spiro atoms. The van der Waals surface area contributed by atoms with Crippen LogP contribution in [0.2, 0.25) is 5.02 Å². The van der Waals surface area contributed by atoms with Crippen LogP contribution < -0.4 is 5.73 Å². The Balaban J connectivity index is 3.07. The Morgan fingerprint density at radius 1 is 1.54 bits per heavy atom. The molecule has 1 aromatic carbocycles. The monoisotopic (exact) mass is 203 g/mol. The van der Waals surface area contributed by atoms with Gasteiger partial charge in [0.15, 0.2) is 0 Å². The van der Waals surface area contributed by atoms with Gasteiger partial charge in [-0.05, 0) is 13.0 Å². The molecule has 2 atom stereocenters. The summed E-state index contributed by atoms with van der Waals surface area (Å²) < 4.78 is 13.3. The molecule has 0 saturated carbocycles. The molecule has 1 rings (SSSR count). The maximum atomic E-state index is 13.3. The van der Waals surface area contributed by atoms with Gasteiger partial charge in [0.1, 0.15) is 5.82 Å². The fourth-order valence-corrected chi connectivity index (χ4v) is 1.22. The lowest BCUT2D eigenvalue weighted by Crippen LogP contribution is -2.24. The Labute approximate surface area is 81.1 Å². The van der Waals surface area contributed by atoms with E-state index in [1.807, 2.05) is 0 Å². The maximum Gasteiger partial charge on any atom is 0.146 e. The fraction of sp³-hybridized carbons (Fsp3) is 0.333. The van der Waals surface area contributed by atoms with E-state index in [0.29, 0.717) is 0 Å². The Hall–Kier alpha value is -0.640. The minimum Gasteiger partial charge on any atom is -0.391 e. The van der Waals surface area contributed by atoms with E-state index in [4.69, 9.17) is 22.4 Å². The summed E-state index contributed by atoms with van der Waals surface area (Å²) in [6, 6.07) is 3.82. The summed E-state index contributed by atoms with van der Waals surface area (Å²) in [4.78, 5) is 0. The first kappa shape index (κ1) is 10.4. The molecule has 0 saturated heterocycles. The van der Waals surface area contributed by atoms with Crippen molar-refractivity contribution in [3.8, 4) is 0 Å². The topological polar surface area (TPSA) is 46.2 Å². The van der Waals surface area contributed by atoms with E-state index >= 15 is 0 Å². The van der Waals surface area contributed by atoms with Gasteiger partial charge in [0.2, 0.25) is 0 Å². The van der Waals surface area contributed by atoms with Crippen LogP contribution in [0.5, 0.6) is 0 Å². The van der Waals surface area contributed by atoms with Gasteiger partial charge in [-0.15, -0.1) is 0 Å². The lowest BCUT2D eigenvalue weighted by molar-refractivity contribution is 0.162. The molecule has 1 aromatic rings. The van der Waals surface area contributed by atoms with Gasteiger partial charge < -0.3 is 10.8 Å². The van der Waals surface area contributed by atoms with Gasteiger partial charge in [0.05, 0.1) is 17.2 Å². The van der Waals surface area contributed by atoms with Crippen molar-refractivity contribution in [2.24, 2.45) is 5.73 Å². The summed E-state index contributed by atoms with van der Waals surface area (Å²) >= 11 is 5.55. The van der Waals surface area contributed by atoms with Gasteiger partial charge in [-0.2, -0.15) is 0 Å². The SMILES string of the molecule is CC(O)[C@H](N)c1cccc(Cl)c1F. The van der Waals surface area contributed by atoms with Crippen molar-refractivity contribution in [2.75, 3.05) is 0 Å². The lowest BCUT2D eigenvalue weighted by Gasteiger charge is -2.15. The zero-order valence-electron chi connectivity index (χ0n) is 7.17. The number of nitrogens with two attached hydrogens (primary N) is 1. The van der Waals surface area contributed by atoms with Crippen molar-refractivity contribution in [3.63, 3.8) is 0 Å². The number of hydrogen-bond donors (Lipinski definition) is 2. The Morgan fingerprint density at radius 3 is 2.69 bits per heavy atom. The first-order valence-electron chi connectivity index (χ1n) is 3.91. The van der Waals surface area contributed by atoms with Crippen molar-refractivity contribution >= 4 is 11.6 Å². The summed E-state index contributed by atoms with van der Waals surface area (Å²) in [6.07, 6.45) is -0.798. The Bertz CT molecular complexity index is 304. The average molecular weight is 204 g/mol. The van der Waals surface area contributed by atoms with Crippen LogP contribution in [0.4, 0.5) is 4.39 Å². The zero-order valence-corrected chi connectivity index (χ0v) is 7.92. The van der Waals surface area contributed by atoms with Crippen LogP contribution in [0.3, 0.4) is 0 Å². The summed E-state index contributed by atoms with van der Waals surface area (Å²) in [7, 11) is 0. The summed E-state index contributed by atoms with van der Waals surface area (Å²) in [6.45, 7) is 1.50. The molecule has 0 aliphatic carbocycles. The van der Waals surface area contributed by atoms with Gasteiger partial charge in [-0.1, -0.05) is 23.7 Å². The van der Waals surface area contributed by atoms with Crippen molar-refractivity contribution in [1.29, 1.82) is 0 Å². The number of rotatable bonds is 2. The van der Waals surface area contributed by atoms with Gasteiger partial charge in [0, 0.05) is 5.56 Å². The van der Waals surface area contributed by atoms with Crippen LogP contribution in [0.25, 0.3) is 0 Å². The molecule has 72 valence electrons. The molecule has 0 fully saturated rings. The molecule has 0 bridgehead atoms. The van der Waals surface area contributed by atoms with E-state index < -0.39 is 18.0 Å². The van der Waals surface area contributed by atoms with Gasteiger partial charge in [-0.3, -0.25) is 0 Å². The molecule has 0 amide bonds. The van der Waals surface area contributed by atoms with E-state index in [2.05, 4.69) is 0 Å². The van der Waals surface area contributed by atoms with E-state index in [9.17, 15) is 4.39 Å². The van der Waals surface area contributed by atoms with Crippen molar-refractivity contribution < 1.29 is 9.50 Å². The largest absolute Gasteiger partial charge is 0.391 e. The van der Waals surface area contributed by atoms with Crippen LogP contribution in [0.15, 0.2) is 18.2 Å². The molecule has 4 heteroatoms. The average Bonchev–Trinajstić information content (AvgIpc) is 2.08. The predicted molar refractivity (Wildman–Crippen MR) is 50.0 cm³/mol. The van der Waals surface area contributed by atoms with Gasteiger partial charge >= 0.3 is 0 Å². The lowest BCUT2D eigenvalue weighted by atomic mass is 10.0. The molecular weight excluding hydrogens is 193 g/mol. The molecule has 1 unspecified atom stereocenters. The molecule has 0 heterocycles. The standard InChI is InChI=1S/C9H11ClFNO/c1-5(13)9(12)6-3-2-4-7(10)8(6)11/h2-5,9,13H,12H2,1H3/t5?,9-/m0/s1. The highest BCUT2D eigenvalue weighted by Crippen LogP contribution is 2.23. The zero-order chi connectivity index (χ0) is 10.0. The maximum absolute atomic E-state index is 13.3. The third-order valence-corrected chi connectivity index (χ3v) is 2.15.